The smallest absolute Gasteiger partial charge is 0.0761 e. The van der Waals surface area contributed by atoms with Crippen LogP contribution in [-0.4, -0.2) is 12.8 Å². The van der Waals surface area contributed by atoms with Crippen molar-refractivity contribution in [2.24, 2.45) is 11.0 Å². The van der Waals surface area contributed by atoms with E-state index >= 15 is 0 Å². The van der Waals surface area contributed by atoms with E-state index in [2.05, 4.69) is 22.4 Å². The second kappa shape index (κ2) is 2.37. The van der Waals surface area contributed by atoms with E-state index < -0.39 is 0 Å². The average molecular weight is 108 g/mol. The Bertz CT molecular complexity index is 150. The minimum atomic E-state index is 0.347. The van der Waals surface area contributed by atoms with Gasteiger partial charge in [-0.15, -0.1) is 5.92 Å². The predicted molar refractivity (Wildman–Crippen MR) is 33.4 cm³/mol. The Morgan fingerprint density at radius 1 is 1.88 bits per heavy atom. The van der Waals surface area contributed by atoms with E-state index in [0.717, 1.165) is 6.54 Å². The third-order valence-corrected chi connectivity index (χ3v) is 0.987. The van der Waals surface area contributed by atoms with Crippen LogP contribution in [0.5, 0.6) is 0 Å². The molecule has 0 aromatic carbocycles. The maximum absolute atomic E-state index is 3.81. The van der Waals surface area contributed by atoms with Crippen LogP contribution in [0.2, 0.25) is 0 Å². The molecule has 1 atom stereocenters. The molecule has 1 aliphatic heterocycles. The van der Waals surface area contributed by atoms with Crippen LogP contribution in [0.3, 0.4) is 0 Å². The Balaban J connectivity index is 2.44. The number of rotatable bonds is 0. The Morgan fingerprint density at radius 3 is 3.25 bits per heavy atom. The number of nitrogens with one attached hydrogen (secondary N) is 1. The minimum Gasteiger partial charge on any atom is -0.309 e. The second-order valence-corrected chi connectivity index (χ2v) is 1.64. The van der Waals surface area contributed by atoms with E-state index in [4.69, 9.17) is 0 Å². The molecule has 42 valence electrons. The lowest BCUT2D eigenvalue weighted by atomic mass is 10.2. The molecule has 0 saturated heterocycles. The maximum Gasteiger partial charge on any atom is 0.0761 e. The summed E-state index contributed by atoms with van der Waals surface area (Å²) >= 11 is 0. The van der Waals surface area contributed by atoms with Crippen molar-refractivity contribution in [3.05, 3.63) is 0 Å². The van der Waals surface area contributed by atoms with Gasteiger partial charge >= 0.3 is 0 Å². The molecule has 0 spiro atoms. The fraction of sp³-hybridized carbons (Fsp3) is 0.500. The van der Waals surface area contributed by atoms with Gasteiger partial charge in [0.15, 0.2) is 0 Å². The highest BCUT2D eigenvalue weighted by Crippen LogP contribution is 1.92. The van der Waals surface area contributed by atoms with Crippen LogP contribution in [0.15, 0.2) is 5.10 Å². The van der Waals surface area contributed by atoms with Crippen LogP contribution in [0.1, 0.15) is 6.92 Å². The molecule has 0 aromatic rings. The van der Waals surface area contributed by atoms with Gasteiger partial charge in [-0.3, -0.25) is 0 Å². The fourth-order valence-corrected chi connectivity index (χ4v) is 0.620. The van der Waals surface area contributed by atoms with Crippen LogP contribution in [0.4, 0.5) is 0 Å². The Hall–Kier alpha value is -0.970. The van der Waals surface area contributed by atoms with E-state index in [1.165, 1.54) is 0 Å². The molecule has 2 heteroatoms. The molecule has 1 heterocycles. The molecule has 1 rings (SSSR count). The Kier molecular flexibility index (Phi) is 1.53. The van der Waals surface area contributed by atoms with Crippen molar-refractivity contribution in [1.82, 2.24) is 5.43 Å². The molecule has 0 aliphatic carbocycles. The van der Waals surface area contributed by atoms with Crippen molar-refractivity contribution >= 4 is 6.21 Å². The minimum absolute atomic E-state index is 0.347. The quantitative estimate of drug-likeness (QED) is 0.441. The van der Waals surface area contributed by atoms with Crippen molar-refractivity contribution in [3.63, 3.8) is 0 Å². The first kappa shape index (κ1) is 5.17. The van der Waals surface area contributed by atoms with Gasteiger partial charge in [-0.2, -0.15) is 5.10 Å². The summed E-state index contributed by atoms with van der Waals surface area (Å²) in [6.45, 7) is 2.72. The SMILES string of the molecule is CC#CC1C=NNC1. The summed E-state index contributed by atoms with van der Waals surface area (Å²) in [7, 11) is 0. The molecule has 1 N–H and O–H groups in total. The lowest BCUT2D eigenvalue weighted by molar-refractivity contribution is 0.761. The lowest BCUT2D eigenvalue weighted by Crippen LogP contribution is -2.07. The van der Waals surface area contributed by atoms with Gasteiger partial charge in [0.05, 0.1) is 12.5 Å². The third kappa shape index (κ3) is 1.00. The Morgan fingerprint density at radius 2 is 2.75 bits per heavy atom. The summed E-state index contributed by atoms with van der Waals surface area (Å²) < 4.78 is 0. The summed E-state index contributed by atoms with van der Waals surface area (Å²) in [4.78, 5) is 0. The van der Waals surface area contributed by atoms with Gasteiger partial charge in [-0.1, -0.05) is 5.92 Å². The predicted octanol–water partition coefficient (Wildman–Crippen LogP) is 0.215. The summed E-state index contributed by atoms with van der Waals surface area (Å²) in [6, 6.07) is 0. The van der Waals surface area contributed by atoms with Crippen molar-refractivity contribution in [2.45, 2.75) is 6.92 Å². The second-order valence-electron chi connectivity index (χ2n) is 1.64. The highest BCUT2D eigenvalue weighted by Gasteiger charge is 2.03. The van der Waals surface area contributed by atoms with Crippen molar-refractivity contribution < 1.29 is 0 Å². The largest absolute Gasteiger partial charge is 0.309 e. The molecular formula is C6H8N2. The first-order chi connectivity index (χ1) is 3.93. The van der Waals surface area contributed by atoms with Gasteiger partial charge in [0.2, 0.25) is 0 Å². The lowest BCUT2D eigenvalue weighted by Gasteiger charge is -1.89. The van der Waals surface area contributed by atoms with Gasteiger partial charge in [0.25, 0.3) is 0 Å². The summed E-state index contributed by atoms with van der Waals surface area (Å²) in [5, 5.41) is 3.81. The van der Waals surface area contributed by atoms with Crippen LogP contribution in [-0.2, 0) is 0 Å². The normalized spacial score (nSPS) is 23.9. The van der Waals surface area contributed by atoms with E-state index in [1.807, 2.05) is 13.1 Å². The zero-order valence-electron chi connectivity index (χ0n) is 4.81. The standard InChI is InChI=1S/C6H8N2/c1-2-3-6-4-7-8-5-6/h4,6,8H,5H2,1H3. The molecule has 1 aliphatic rings. The van der Waals surface area contributed by atoms with Crippen LogP contribution >= 0.6 is 0 Å². The molecule has 8 heavy (non-hydrogen) atoms. The van der Waals surface area contributed by atoms with E-state index in [1.54, 1.807) is 0 Å². The number of hydrazone groups is 1. The number of hydrogen-bond acceptors (Lipinski definition) is 2. The number of hydrogen-bond donors (Lipinski definition) is 1. The topological polar surface area (TPSA) is 24.4 Å². The highest BCUT2D eigenvalue weighted by atomic mass is 15.3. The molecule has 1 unspecified atom stereocenters. The van der Waals surface area contributed by atoms with Gasteiger partial charge in [0.1, 0.15) is 0 Å². The molecule has 0 fully saturated rings. The molecule has 0 amide bonds. The summed E-state index contributed by atoms with van der Waals surface area (Å²) in [5.41, 5.74) is 2.82. The third-order valence-electron chi connectivity index (χ3n) is 0.987. The monoisotopic (exact) mass is 108 g/mol. The van der Waals surface area contributed by atoms with Crippen LogP contribution < -0.4 is 5.43 Å². The molecule has 0 radical (unpaired) electrons. The van der Waals surface area contributed by atoms with Crippen LogP contribution in [0, 0.1) is 17.8 Å². The molecule has 0 aromatic heterocycles. The van der Waals surface area contributed by atoms with Crippen molar-refractivity contribution in [2.75, 3.05) is 6.54 Å². The summed E-state index contributed by atoms with van der Waals surface area (Å²) in [6.07, 6.45) is 1.83. The highest BCUT2D eigenvalue weighted by molar-refractivity contribution is 5.66. The first-order valence-corrected chi connectivity index (χ1v) is 2.62. The van der Waals surface area contributed by atoms with Crippen molar-refractivity contribution in [3.8, 4) is 11.8 Å². The van der Waals surface area contributed by atoms with E-state index in [0.29, 0.717) is 5.92 Å². The van der Waals surface area contributed by atoms with Crippen LogP contribution in [0.25, 0.3) is 0 Å². The van der Waals surface area contributed by atoms with Gasteiger partial charge in [-0.05, 0) is 6.92 Å². The fourth-order valence-electron chi connectivity index (χ4n) is 0.620. The molecule has 0 saturated carbocycles. The van der Waals surface area contributed by atoms with Gasteiger partial charge in [-0.25, -0.2) is 0 Å². The zero-order chi connectivity index (χ0) is 5.82. The van der Waals surface area contributed by atoms with E-state index in [9.17, 15) is 0 Å². The first-order valence-electron chi connectivity index (χ1n) is 2.62. The maximum atomic E-state index is 3.81. The van der Waals surface area contributed by atoms with Gasteiger partial charge in [0, 0.05) is 6.21 Å². The Labute approximate surface area is 49.0 Å². The van der Waals surface area contributed by atoms with E-state index in [-0.39, 0.29) is 0 Å². The average Bonchev–Trinajstić information content (AvgIpc) is 2.19. The number of nitrogens with zero attached hydrogens (tertiary/aromatic N) is 1. The summed E-state index contributed by atoms with van der Waals surface area (Å²) in [5.74, 6) is 6.16. The zero-order valence-corrected chi connectivity index (χ0v) is 4.81. The van der Waals surface area contributed by atoms with Gasteiger partial charge < -0.3 is 5.43 Å². The van der Waals surface area contributed by atoms with Crippen molar-refractivity contribution in [1.29, 1.82) is 0 Å². The molecule has 0 bridgehead atoms. The molecular weight excluding hydrogens is 100 g/mol. The molecule has 2 nitrogen and oxygen atoms in total.